The maximum Gasteiger partial charge on any atom is 0.108 e. The van der Waals surface area contributed by atoms with E-state index in [-0.39, 0.29) is 0 Å². The maximum atomic E-state index is 5.50. The fourth-order valence-electron chi connectivity index (χ4n) is 2.67. The van der Waals surface area contributed by atoms with Crippen LogP contribution in [-0.2, 0) is 12.8 Å². The lowest BCUT2D eigenvalue weighted by Gasteiger charge is -2.22. The largest absolute Gasteiger partial charge is 0.469 e. The van der Waals surface area contributed by atoms with Crippen LogP contribution < -0.4 is 5.32 Å². The number of H-pyrrole nitrogens is 1. The molecular weight excluding hydrogens is 226 g/mol. The Kier molecular flexibility index (Phi) is 3.46. The molecule has 0 radical (unpaired) electrons. The van der Waals surface area contributed by atoms with Crippen LogP contribution in [-0.4, -0.2) is 16.5 Å². The highest BCUT2D eigenvalue weighted by molar-refractivity contribution is 5.23. The number of imidazole rings is 1. The zero-order valence-corrected chi connectivity index (χ0v) is 10.5. The van der Waals surface area contributed by atoms with Crippen molar-refractivity contribution < 1.29 is 4.42 Å². The molecule has 1 aliphatic rings. The van der Waals surface area contributed by atoms with Gasteiger partial charge in [0.1, 0.15) is 11.6 Å². The molecule has 4 nitrogen and oxygen atoms in total. The van der Waals surface area contributed by atoms with E-state index in [9.17, 15) is 0 Å². The van der Waals surface area contributed by atoms with Crippen LogP contribution in [0.15, 0.2) is 29.1 Å². The molecule has 0 bridgehead atoms. The highest BCUT2D eigenvalue weighted by Gasteiger charge is 2.21. The number of fused-ring (bicyclic) bond motifs is 1. The fourth-order valence-corrected chi connectivity index (χ4v) is 2.67. The summed E-state index contributed by atoms with van der Waals surface area (Å²) in [7, 11) is 0. The van der Waals surface area contributed by atoms with Crippen molar-refractivity contribution in [2.45, 2.75) is 38.1 Å². The first-order valence-electron chi connectivity index (χ1n) is 6.71. The lowest BCUT2D eigenvalue weighted by molar-refractivity contribution is 0.410. The molecule has 0 amide bonds. The molecule has 0 saturated carbocycles. The quantitative estimate of drug-likeness (QED) is 0.796. The highest BCUT2D eigenvalue weighted by Crippen LogP contribution is 2.30. The van der Waals surface area contributed by atoms with Crippen molar-refractivity contribution in [3.05, 3.63) is 41.9 Å². The summed E-state index contributed by atoms with van der Waals surface area (Å²) in [6, 6.07) is 2.59. The standard InChI is InChI=1S/C14H19N3O/c1-3-12(11-6-10-18-13(11)4-1)15-7-2-5-14-16-8-9-17-14/h6,8-10,12,15H,1-5,7H2,(H,16,17). The summed E-state index contributed by atoms with van der Waals surface area (Å²) in [6.45, 7) is 1.02. The highest BCUT2D eigenvalue weighted by atomic mass is 16.3. The predicted octanol–water partition coefficient (Wildman–Crippen LogP) is 2.60. The van der Waals surface area contributed by atoms with E-state index in [2.05, 4.69) is 21.4 Å². The molecule has 0 saturated heterocycles. The molecule has 2 heterocycles. The van der Waals surface area contributed by atoms with E-state index in [0.29, 0.717) is 6.04 Å². The summed E-state index contributed by atoms with van der Waals surface area (Å²) in [4.78, 5) is 7.36. The fraction of sp³-hybridized carbons (Fsp3) is 0.500. The van der Waals surface area contributed by atoms with Gasteiger partial charge in [-0.05, 0) is 31.9 Å². The third kappa shape index (κ3) is 2.48. The third-order valence-electron chi connectivity index (χ3n) is 3.59. The van der Waals surface area contributed by atoms with Crippen LogP contribution in [0.1, 0.15) is 42.5 Å². The van der Waals surface area contributed by atoms with E-state index in [0.717, 1.165) is 31.6 Å². The second kappa shape index (κ2) is 5.40. The van der Waals surface area contributed by atoms with Crippen LogP contribution in [0.2, 0.25) is 0 Å². The number of hydrogen-bond donors (Lipinski definition) is 2. The number of aromatic nitrogens is 2. The van der Waals surface area contributed by atoms with Gasteiger partial charge in [0.05, 0.1) is 6.26 Å². The molecule has 3 rings (SSSR count). The third-order valence-corrected chi connectivity index (χ3v) is 3.59. The minimum atomic E-state index is 0.476. The van der Waals surface area contributed by atoms with Gasteiger partial charge in [0.25, 0.3) is 0 Å². The minimum Gasteiger partial charge on any atom is -0.469 e. The molecule has 1 aliphatic carbocycles. The zero-order chi connectivity index (χ0) is 12.2. The first kappa shape index (κ1) is 11.5. The molecule has 96 valence electrons. The van der Waals surface area contributed by atoms with Crippen LogP contribution in [0.3, 0.4) is 0 Å². The topological polar surface area (TPSA) is 53.9 Å². The molecule has 0 fully saturated rings. The molecule has 2 aromatic rings. The second-order valence-electron chi connectivity index (χ2n) is 4.84. The Bertz CT molecular complexity index is 475. The molecular formula is C14H19N3O. The number of aryl methyl sites for hydroxylation is 2. The Labute approximate surface area is 107 Å². The predicted molar refractivity (Wildman–Crippen MR) is 69.3 cm³/mol. The SMILES string of the molecule is c1c[nH]c(CCCNC2CCCc3occc32)n1. The van der Waals surface area contributed by atoms with Gasteiger partial charge in [0, 0.05) is 36.8 Å². The molecule has 1 unspecified atom stereocenters. The van der Waals surface area contributed by atoms with Gasteiger partial charge in [-0.15, -0.1) is 0 Å². The van der Waals surface area contributed by atoms with Gasteiger partial charge < -0.3 is 14.7 Å². The van der Waals surface area contributed by atoms with Crippen LogP contribution in [0.4, 0.5) is 0 Å². The van der Waals surface area contributed by atoms with Crippen molar-refractivity contribution in [3.63, 3.8) is 0 Å². The van der Waals surface area contributed by atoms with Crippen LogP contribution in [0.5, 0.6) is 0 Å². The number of furan rings is 1. The summed E-state index contributed by atoms with van der Waals surface area (Å²) >= 11 is 0. The average Bonchev–Trinajstić information content (AvgIpc) is 3.05. The molecule has 2 N–H and O–H groups in total. The van der Waals surface area contributed by atoms with Gasteiger partial charge >= 0.3 is 0 Å². The Morgan fingerprint density at radius 2 is 2.50 bits per heavy atom. The van der Waals surface area contributed by atoms with Crippen molar-refractivity contribution in [2.75, 3.05) is 6.54 Å². The first-order valence-corrected chi connectivity index (χ1v) is 6.71. The Balaban J connectivity index is 1.47. The normalized spacial score (nSPS) is 18.8. The van der Waals surface area contributed by atoms with E-state index < -0.39 is 0 Å². The Morgan fingerprint density at radius 3 is 3.39 bits per heavy atom. The van der Waals surface area contributed by atoms with Gasteiger partial charge in [-0.25, -0.2) is 4.98 Å². The van der Waals surface area contributed by atoms with Crippen LogP contribution in [0, 0.1) is 0 Å². The maximum absolute atomic E-state index is 5.50. The number of nitrogens with one attached hydrogen (secondary N) is 2. The van der Waals surface area contributed by atoms with Gasteiger partial charge in [0.15, 0.2) is 0 Å². The van der Waals surface area contributed by atoms with E-state index in [4.69, 9.17) is 4.42 Å². The lowest BCUT2D eigenvalue weighted by Crippen LogP contribution is -2.25. The van der Waals surface area contributed by atoms with Gasteiger partial charge in [-0.2, -0.15) is 0 Å². The van der Waals surface area contributed by atoms with E-state index in [1.165, 1.54) is 24.2 Å². The summed E-state index contributed by atoms with van der Waals surface area (Å²) in [5.41, 5.74) is 1.36. The molecule has 2 aromatic heterocycles. The lowest BCUT2D eigenvalue weighted by atomic mass is 9.93. The monoisotopic (exact) mass is 245 g/mol. The van der Waals surface area contributed by atoms with Gasteiger partial charge in [0.2, 0.25) is 0 Å². The summed E-state index contributed by atoms with van der Waals surface area (Å²) in [6.07, 6.45) is 11.1. The number of aromatic amines is 1. The van der Waals surface area contributed by atoms with Gasteiger partial charge in [-0.1, -0.05) is 0 Å². The summed E-state index contributed by atoms with van der Waals surface area (Å²) < 4.78 is 5.50. The Hall–Kier alpha value is -1.55. The smallest absolute Gasteiger partial charge is 0.108 e. The molecule has 1 atom stereocenters. The molecule has 0 aliphatic heterocycles. The second-order valence-corrected chi connectivity index (χ2v) is 4.84. The van der Waals surface area contributed by atoms with Crippen LogP contribution in [0.25, 0.3) is 0 Å². The molecule has 0 aromatic carbocycles. The zero-order valence-electron chi connectivity index (χ0n) is 10.5. The minimum absolute atomic E-state index is 0.476. The molecule has 18 heavy (non-hydrogen) atoms. The Morgan fingerprint density at radius 1 is 1.50 bits per heavy atom. The first-order chi connectivity index (χ1) is 8.93. The van der Waals surface area contributed by atoms with Crippen molar-refractivity contribution in [3.8, 4) is 0 Å². The van der Waals surface area contributed by atoms with Crippen molar-refractivity contribution in [1.82, 2.24) is 15.3 Å². The van der Waals surface area contributed by atoms with Crippen LogP contribution >= 0.6 is 0 Å². The summed E-state index contributed by atoms with van der Waals surface area (Å²) in [5, 5.41) is 3.62. The average molecular weight is 245 g/mol. The summed E-state index contributed by atoms with van der Waals surface area (Å²) in [5.74, 6) is 2.24. The number of nitrogens with zero attached hydrogens (tertiary/aromatic N) is 1. The van der Waals surface area contributed by atoms with Crippen molar-refractivity contribution in [2.24, 2.45) is 0 Å². The van der Waals surface area contributed by atoms with E-state index in [1.807, 2.05) is 18.7 Å². The van der Waals surface area contributed by atoms with Crippen molar-refractivity contribution in [1.29, 1.82) is 0 Å². The van der Waals surface area contributed by atoms with Crippen molar-refractivity contribution >= 4 is 0 Å². The number of hydrogen-bond acceptors (Lipinski definition) is 3. The molecule has 0 spiro atoms. The van der Waals surface area contributed by atoms with E-state index in [1.54, 1.807) is 0 Å². The van der Waals surface area contributed by atoms with Gasteiger partial charge in [-0.3, -0.25) is 0 Å². The molecule has 4 heteroatoms. The number of rotatable bonds is 5. The van der Waals surface area contributed by atoms with E-state index >= 15 is 0 Å².